The van der Waals surface area contributed by atoms with E-state index in [0.717, 1.165) is 23.6 Å². The molecule has 82 valence electrons. The SMILES string of the molecule is CCC1CCc2sc(C(=O)NN)cc2C1. The van der Waals surface area contributed by atoms with Crippen LogP contribution in [0.1, 0.15) is 39.9 Å². The monoisotopic (exact) mass is 224 g/mol. The highest BCUT2D eigenvalue weighted by atomic mass is 32.1. The maximum Gasteiger partial charge on any atom is 0.275 e. The number of aryl methyl sites for hydroxylation is 1. The van der Waals surface area contributed by atoms with E-state index in [2.05, 4.69) is 12.3 Å². The molecule has 1 unspecified atom stereocenters. The van der Waals surface area contributed by atoms with E-state index < -0.39 is 0 Å². The summed E-state index contributed by atoms with van der Waals surface area (Å²) in [5, 5.41) is 0. The number of nitrogen functional groups attached to an aromatic ring is 1. The van der Waals surface area contributed by atoms with Crippen molar-refractivity contribution in [3.05, 3.63) is 21.4 Å². The fraction of sp³-hybridized carbons (Fsp3) is 0.545. The molecule has 0 bridgehead atoms. The van der Waals surface area contributed by atoms with E-state index in [1.807, 2.05) is 6.07 Å². The molecular formula is C11H16N2OS. The van der Waals surface area contributed by atoms with E-state index in [4.69, 9.17) is 5.84 Å². The van der Waals surface area contributed by atoms with Crippen molar-refractivity contribution in [1.82, 2.24) is 5.43 Å². The Morgan fingerprint density at radius 2 is 2.53 bits per heavy atom. The Hall–Kier alpha value is -0.870. The van der Waals surface area contributed by atoms with Gasteiger partial charge in [-0.2, -0.15) is 0 Å². The first kappa shape index (κ1) is 10.6. The second-order valence-corrected chi connectivity index (χ2v) is 5.19. The topological polar surface area (TPSA) is 55.1 Å². The quantitative estimate of drug-likeness (QED) is 0.458. The maximum atomic E-state index is 11.4. The van der Waals surface area contributed by atoms with Crippen molar-refractivity contribution in [2.45, 2.75) is 32.6 Å². The van der Waals surface area contributed by atoms with E-state index in [1.165, 1.54) is 23.3 Å². The highest BCUT2D eigenvalue weighted by molar-refractivity contribution is 7.14. The van der Waals surface area contributed by atoms with Crippen LogP contribution in [0.4, 0.5) is 0 Å². The molecule has 15 heavy (non-hydrogen) atoms. The van der Waals surface area contributed by atoms with E-state index in [-0.39, 0.29) is 5.91 Å². The highest BCUT2D eigenvalue weighted by Crippen LogP contribution is 2.33. The summed E-state index contributed by atoms with van der Waals surface area (Å²) in [4.78, 5) is 13.5. The number of hydrogen-bond acceptors (Lipinski definition) is 3. The van der Waals surface area contributed by atoms with Gasteiger partial charge in [-0.3, -0.25) is 10.2 Å². The van der Waals surface area contributed by atoms with Gasteiger partial charge >= 0.3 is 0 Å². The zero-order chi connectivity index (χ0) is 10.8. The molecule has 0 saturated carbocycles. The lowest BCUT2D eigenvalue weighted by atomic mass is 9.87. The highest BCUT2D eigenvalue weighted by Gasteiger charge is 2.21. The van der Waals surface area contributed by atoms with E-state index in [0.29, 0.717) is 0 Å². The van der Waals surface area contributed by atoms with Crippen molar-refractivity contribution in [1.29, 1.82) is 0 Å². The predicted octanol–water partition coefficient (Wildman–Crippen LogP) is 1.87. The van der Waals surface area contributed by atoms with Crippen LogP contribution in [-0.2, 0) is 12.8 Å². The van der Waals surface area contributed by atoms with Gasteiger partial charge in [-0.05, 0) is 36.8 Å². The molecule has 1 amide bonds. The van der Waals surface area contributed by atoms with E-state index in [1.54, 1.807) is 11.3 Å². The van der Waals surface area contributed by atoms with Gasteiger partial charge in [-0.25, -0.2) is 5.84 Å². The van der Waals surface area contributed by atoms with Crippen molar-refractivity contribution in [3.63, 3.8) is 0 Å². The average Bonchev–Trinajstić information content (AvgIpc) is 2.70. The normalized spacial score (nSPS) is 19.7. The van der Waals surface area contributed by atoms with Gasteiger partial charge < -0.3 is 0 Å². The lowest BCUT2D eigenvalue weighted by Gasteiger charge is -2.19. The van der Waals surface area contributed by atoms with Crippen molar-refractivity contribution < 1.29 is 4.79 Å². The van der Waals surface area contributed by atoms with Gasteiger partial charge in [0.25, 0.3) is 5.91 Å². The van der Waals surface area contributed by atoms with Crippen LogP contribution in [-0.4, -0.2) is 5.91 Å². The smallest absolute Gasteiger partial charge is 0.275 e. The molecule has 0 aliphatic heterocycles. The average molecular weight is 224 g/mol. The molecule has 0 spiro atoms. The molecule has 0 radical (unpaired) electrons. The van der Waals surface area contributed by atoms with Crippen molar-refractivity contribution >= 4 is 17.2 Å². The molecule has 4 heteroatoms. The third kappa shape index (κ3) is 2.06. The summed E-state index contributed by atoms with van der Waals surface area (Å²) in [6.07, 6.45) is 4.73. The fourth-order valence-corrected chi connectivity index (χ4v) is 3.24. The standard InChI is InChI=1S/C11H16N2OS/c1-2-7-3-4-9-8(5-7)6-10(15-9)11(14)13-12/h6-7H,2-5,12H2,1H3,(H,13,14). The molecule has 0 aromatic carbocycles. The summed E-state index contributed by atoms with van der Waals surface area (Å²) < 4.78 is 0. The lowest BCUT2D eigenvalue weighted by Crippen LogP contribution is -2.29. The van der Waals surface area contributed by atoms with Crippen LogP contribution in [0.25, 0.3) is 0 Å². The first-order valence-electron chi connectivity index (χ1n) is 5.37. The third-order valence-electron chi connectivity index (χ3n) is 3.12. The van der Waals surface area contributed by atoms with Gasteiger partial charge in [0.15, 0.2) is 0 Å². The maximum absolute atomic E-state index is 11.4. The lowest BCUT2D eigenvalue weighted by molar-refractivity contribution is 0.0957. The summed E-state index contributed by atoms with van der Waals surface area (Å²) in [7, 11) is 0. The first-order valence-corrected chi connectivity index (χ1v) is 6.18. The van der Waals surface area contributed by atoms with Crippen LogP contribution < -0.4 is 11.3 Å². The van der Waals surface area contributed by atoms with Crippen molar-refractivity contribution in [3.8, 4) is 0 Å². The van der Waals surface area contributed by atoms with Gasteiger partial charge in [-0.15, -0.1) is 11.3 Å². The largest absolute Gasteiger partial charge is 0.289 e. The van der Waals surface area contributed by atoms with Gasteiger partial charge in [0, 0.05) is 4.88 Å². The summed E-state index contributed by atoms with van der Waals surface area (Å²) >= 11 is 1.59. The fourth-order valence-electron chi connectivity index (χ4n) is 2.13. The minimum absolute atomic E-state index is 0.164. The minimum Gasteiger partial charge on any atom is -0.289 e. The number of nitrogens with two attached hydrogens (primary N) is 1. The number of carbonyl (C=O) groups is 1. The molecule has 0 fully saturated rings. The summed E-state index contributed by atoms with van der Waals surface area (Å²) in [6.45, 7) is 2.23. The molecular weight excluding hydrogens is 208 g/mol. The number of fused-ring (bicyclic) bond motifs is 1. The van der Waals surface area contributed by atoms with Gasteiger partial charge in [0.2, 0.25) is 0 Å². The Morgan fingerprint density at radius 3 is 3.20 bits per heavy atom. The second kappa shape index (κ2) is 4.33. The molecule has 3 nitrogen and oxygen atoms in total. The molecule has 2 rings (SSSR count). The number of rotatable bonds is 2. The molecule has 1 heterocycles. The Morgan fingerprint density at radius 1 is 1.73 bits per heavy atom. The van der Waals surface area contributed by atoms with E-state index >= 15 is 0 Å². The minimum atomic E-state index is -0.164. The van der Waals surface area contributed by atoms with Gasteiger partial charge in [0.05, 0.1) is 4.88 Å². The summed E-state index contributed by atoms with van der Waals surface area (Å²) in [6, 6.07) is 2.00. The molecule has 1 aliphatic carbocycles. The zero-order valence-corrected chi connectivity index (χ0v) is 9.69. The molecule has 1 aliphatic rings. The molecule has 0 saturated heterocycles. The second-order valence-electron chi connectivity index (χ2n) is 4.05. The first-order chi connectivity index (χ1) is 7.24. The van der Waals surface area contributed by atoms with Crippen LogP contribution in [0.5, 0.6) is 0 Å². The molecule has 1 aromatic heterocycles. The number of hydrazine groups is 1. The Kier molecular flexibility index (Phi) is 3.07. The summed E-state index contributed by atoms with van der Waals surface area (Å²) in [5.41, 5.74) is 3.55. The van der Waals surface area contributed by atoms with Crippen LogP contribution in [0.3, 0.4) is 0 Å². The van der Waals surface area contributed by atoms with E-state index in [9.17, 15) is 4.79 Å². The number of amides is 1. The molecule has 1 atom stereocenters. The van der Waals surface area contributed by atoms with Crippen molar-refractivity contribution in [2.75, 3.05) is 0 Å². The number of nitrogens with one attached hydrogen (secondary N) is 1. The van der Waals surface area contributed by atoms with Gasteiger partial charge in [0.1, 0.15) is 0 Å². The van der Waals surface area contributed by atoms with Crippen LogP contribution in [0.15, 0.2) is 6.07 Å². The molecule has 3 N–H and O–H groups in total. The van der Waals surface area contributed by atoms with Crippen LogP contribution in [0, 0.1) is 5.92 Å². The Balaban J connectivity index is 2.21. The number of thiophene rings is 1. The summed E-state index contributed by atoms with van der Waals surface area (Å²) in [5.74, 6) is 5.75. The molecule has 1 aromatic rings. The zero-order valence-electron chi connectivity index (χ0n) is 8.88. The van der Waals surface area contributed by atoms with Gasteiger partial charge in [-0.1, -0.05) is 13.3 Å². The predicted molar refractivity (Wildman–Crippen MR) is 61.8 cm³/mol. The Labute approximate surface area is 93.6 Å². The van der Waals surface area contributed by atoms with Crippen LogP contribution in [0.2, 0.25) is 0 Å². The Bertz CT molecular complexity index is 373. The van der Waals surface area contributed by atoms with Crippen LogP contribution >= 0.6 is 11.3 Å². The number of carbonyl (C=O) groups excluding carboxylic acids is 1. The number of hydrogen-bond donors (Lipinski definition) is 2. The third-order valence-corrected chi connectivity index (χ3v) is 4.35. The van der Waals surface area contributed by atoms with Crippen molar-refractivity contribution in [2.24, 2.45) is 11.8 Å².